The summed E-state index contributed by atoms with van der Waals surface area (Å²) < 4.78 is 0. The summed E-state index contributed by atoms with van der Waals surface area (Å²) in [5, 5.41) is 21.9. The summed E-state index contributed by atoms with van der Waals surface area (Å²) in [6, 6.07) is 0. The molecule has 0 saturated heterocycles. The highest BCUT2D eigenvalue weighted by Crippen LogP contribution is 2.13. The zero-order chi connectivity index (χ0) is 11.8. The molecule has 0 amide bonds. The Bertz CT molecular complexity index is 343. The number of rotatable bonds is 6. The molecular weight excluding hydrogens is 250 g/mol. The maximum Gasteiger partial charge on any atom is 0.251 e. The Morgan fingerprint density at radius 3 is 3.19 bits per heavy atom. The van der Waals surface area contributed by atoms with Crippen molar-refractivity contribution in [3.8, 4) is 0 Å². The van der Waals surface area contributed by atoms with Crippen molar-refractivity contribution in [2.45, 2.75) is 5.75 Å². The number of hydrazine groups is 1. The number of thioether (sulfide) groups is 1. The number of thiazole rings is 1. The van der Waals surface area contributed by atoms with E-state index in [1.54, 1.807) is 34.7 Å². The predicted molar refractivity (Wildman–Crippen MR) is 64.1 cm³/mol. The number of aromatic nitrogens is 1. The van der Waals surface area contributed by atoms with Crippen LogP contribution in [-0.2, 0) is 5.75 Å². The van der Waals surface area contributed by atoms with Gasteiger partial charge in [-0.05, 0) is 0 Å². The molecule has 1 aromatic rings. The second kappa shape index (κ2) is 7.01. The highest BCUT2D eigenvalue weighted by atomic mass is 32.2. The molecule has 0 spiro atoms. The molecule has 0 unspecified atom stereocenters. The SMILES string of the molecule is N=C(NCCSCc1nccs1)N[N+](=O)[O-]. The fraction of sp³-hybridized carbons (Fsp3) is 0.429. The first-order valence-electron chi connectivity index (χ1n) is 4.38. The van der Waals surface area contributed by atoms with Crippen molar-refractivity contribution in [1.29, 1.82) is 5.41 Å². The second-order valence-corrected chi connectivity index (χ2v) is 4.73. The van der Waals surface area contributed by atoms with E-state index >= 15 is 0 Å². The Balaban J connectivity index is 2.00. The third kappa shape index (κ3) is 5.51. The molecule has 0 aromatic carbocycles. The molecule has 0 aliphatic carbocycles. The van der Waals surface area contributed by atoms with Gasteiger partial charge in [-0.2, -0.15) is 11.8 Å². The molecule has 1 rings (SSSR count). The van der Waals surface area contributed by atoms with E-state index in [9.17, 15) is 10.1 Å². The van der Waals surface area contributed by atoms with Gasteiger partial charge in [0, 0.05) is 29.6 Å². The first-order valence-corrected chi connectivity index (χ1v) is 6.41. The van der Waals surface area contributed by atoms with Crippen molar-refractivity contribution in [3.63, 3.8) is 0 Å². The van der Waals surface area contributed by atoms with Gasteiger partial charge in [0.1, 0.15) is 5.01 Å². The van der Waals surface area contributed by atoms with E-state index in [1.165, 1.54) is 0 Å². The average Bonchev–Trinajstić information content (AvgIpc) is 2.68. The van der Waals surface area contributed by atoms with Crippen LogP contribution in [0.2, 0.25) is 0 Å². The van der Waals surface area contributed by atoms with Gasteiger partial charge in [-0.25, -0.2) is 15.1 Å². The van der Waals surface area contributed by atoms with E-state index in [-0.39, 0.29) is 5.96 Å². The van der Waals surface area contributed by atoms with Crippen LogP contribution in [0.25, 0.3) is 0 Å². The van der Waals surface area contributed by atoms with E-state index in [1.807, 2.05) is 5.38 Å². The number of nitrogens with zero attached hydrogens (tertiary/aromatic N) is 2. The Labute approximate surface area is 100 Å². The van der Waals surface area contributed by atoms with E-state index in [2.05, 4.69) is 10.3 Å². The monoisotopic (exact) mass is 261 g/mol. The van der Waals surface area contributed by atoms with Crippen molar-refractivity contribution in [1.82, 2.24) is 15.7 Å². The topological polar surface area (TPSA) is 104 Å². The summed E-state index contributed by atoms with van der Waals surface area (Å²) in [6.07, 6.45) is 1.76. The summed E-state index contributed by atoms with van der Waals surface area (Å²) in [5.74, 6) is 1.30. The molecule has 9 heteroatoms. The molecule has 16 heavy (non-hydrogen) atoms. The standard InChI is InChI=1S/C7H11N5O2S2/c8-7(11-12(13)14)10-1-3-15-5-6-9-2-4-16-6/h2,4H,1,3,5H2,(H3,8,10,11). The Kier molecular flexibility index (Phi) is 5.57. The Morgan fingerprint density at radius 2 is 2.56 bits per heavy atom. The minimum absolute atomic E-state index is 0.292. The smallest absolute Gasteiger partial charge is 0.251 e. The van der Waals surface area contributed by atoms with Gasteiger partial charge in [0.25, 0.3) is 5.96 Å². The van der Waals surface area contributed by atoms with Gasteiger partial charge in [0.15, 0.2) is 5.03 Å². The predicted octanol–water partition coefficient (Wildman–Crippen LogP) is 0.682. The normalized spacial score (nSPS) is 9.75. The third-order valence-electron chi connectivity index (χ3n) is 1.46. The van der Waals surface area contributed by atoms with Crippen molar-refractivity contribution in [2.24, 2.45) is 0 Å². The number of hydrogen-bond donors (Lipinski definition) is 3. The largest absolute Gasteiger partial charge is 0.351 e. The van der Waals surface area contributed by atoms with E-state index in [0.29, 0.717) is 6.54 Å². The van der Waals surface area contributed by atoms with Gasteiger partial charge in [0.05, 0.1) is 0 Å². The molecule has 0 fully saturated rings. The van der Waals surface area contributed by atoms with Crippen molar-refractivity contribution in [3.05, 3.63) is 26.7 Å². The van der Waals surface area contributed by atoms with Crippen LogP contribution < -0.4 is 10.7 Å². The molecule has 0 atom stereocenters. The summed E-state index contributed by atoms with van der Waals surface area (Å²) in [5.41, 5.74) is 1.72. The zero-order valence-corrected chi connectivity index (χ0v) is 9.94. The Hall–Kier alpha value is -1.35. The number of hydrogen-bond acceptors (Lipinski definition) is 6. The lowest BCUT2D eigenvalue weighted by molar-refractivity contribution is -0.525. The van der Waals surface area contributed by atoms with Gasteiger partial charge >= 0.3 is 0 Å². The van der Waals surface area contributed by atoms with Crippen molar-refractivity contribution < 1.29 is 5.03 Å². The first kappa shape index (κ1) is 12.7. The molecule has 0 radical (unpaired) electrons. The summed E-state index contributed by atoms with van der Waals surface area (Å²) in [6.45, 7) is 0.510. The van der Waals surface area contributed by atoms with Crippen LogP contribution in [-0.4, -0.2) is 28.3 Å². The molecule has 88 valence electrons. The lowest BCUT2D eigenvalue weighted by atomic mass is 10.7. The fourth-order valence-electron chi connectivity index (χ4n) is 0.863. The molecule has 1 aromatic heterocycles. The molecule has 0 bridgehead atoms. The van der Waals surface area contributed by atoms with Gasteiger partial charge < -0.3 is 5.32 Å². The molecule has 7 nitrogen and oxygen atoms in total. The van der Waals surface area contributed by atoms with E-state index < -0.39 is 5.03 Å². The van der Waals surface area contributed by atoms with Gasteiger partial charge in [-0.15, -0.1) is 11.3 Å². The minimum Gasteiger partial charge on any atom is -0.351 e. The minimum atomic E-state index is -0.766. The maximum absolute atomic E-state index is 9.96. The van der Waals surface area contributed by atoms with Crippen LogP contribution in [0, 0.1) is 15.5 Å². The highest BCUT2D eigenvalue weighted by molar-refractivity contribution is 7.98. The average molecular weight is 261 g/mol. The first-order chi connectivity index (χ1) is 7.68. The summed E-state index contributed by atoms with van der Waals surface area (Å²) in [7, 11) is 0. The quantitative estimate of drug-likeness (QED) is 0.229. The molecule has 0 aliphatic rings. The van der Waals surface area contributed by atoms with Gasteiger partial charge in [-0.3, -0.25) is 5.41 Å². The van der Waals surface area contributed by atoms with Crippen molar-refractivity contribution in [2.75, 3.05) is 12.3 Å². The number of guanidine groups is 1. The lowest BCUT2D eigenvalue weighted by Gasteiger charge is -2.03. The molecule has 1 heterocycles. The van der Waals surface area contributed by atoms with Crippen molar-refractivity contribution >= 4 is 29.1 Å². The van der Waals surface area contributed by atoms with Crippen LogP contribution in [0.5, 0.6) is 0 Å². The van der Waals surface area contributed by atoms with Crippen LogP contribution in [0.1, 0.15) is 5.01 Å². The number of nitro groups is 1. The summed E-state index contributed by atoms with van der Waals surface area (Å²) >= 11 is 3.26. The summed E-state index contributed by atoms with van der Waals surface area (Å²) in [4.78, 5) is 14.1. The third-order valence-corrected chi connectivity index (χ3v) is 3.39. The van der Waals surface area contributed by atoms with E-state index in [0.717, 1.165) is 16.5 Å². The molecular formula is C7H11N5O2S2. The van der Waals surface area contributed by atoms with E-state index in [4.69, 9.17) is 5.41 Å². The van der Waals surface area contributed by atoms with Crippen LogP contribution in [0.4, 0.5) is 0 Å². The fourth-order valence-corrected chi connectivity index (χ4v) is 2.43. The zero-order valence-electron chi connectivity index (χ0n) is 8.30. The number of nitrogens with one attached hydrogen (secondary N) is 3. The Morgan fingerprint density at radius 1 is 1.75 bits per heavy atom. The van der Waals surface area contributed by atoms with Gasteiger partial charge in [-0.1, -0.05) is 5.43 Å². The van der Waals surface area contributed by atoms with Crippen LogP contribution >= 0.6 is 23.1 Å². The maximum atomic E-state index is 9.96. The van der Waals surface area contributed by atoms with Gasteiger partial charge in [0.2, 0.25) is 0 Å². The lowest BCUT2D eigenvalue weighted by Crippen LogP contribution is -2.40. The highest BCUT2D eigenvalue weighted by Gasteiger charge is 2.01. The molecule has 3 N–H and O–H groups in total. The second-order valence-electron chi connectivity index (χ2n) is 2.65. The molecule has 0 aliphatic heterocycles. The van der Waals surface area contributed by atoms with Crippen LogP contribution in [0.3, 0.4) is 0 Å². The van der Waals surface area contributed by atoms with Crippen LogP contribution in [0.15, 0.2) is 11.6 Å². The molecule has 0 saturated carbocycles.